The molecule has 1 aromatic carbocycles. The molecule has 4 rings (SSSR count). The molecule has 0 saturated heterocycles. The summed E-state index contributed by atoms with van der Waals surface area (Å²) in [7, 11) is -3.20. The zero-order chi connectivity index (χ0) is 21.3. The van der Waals surface area contributed by atoms with Crippen LogP contribution in [0.2, 0.25) is 0 Å². The first kappa shape index (κ1) is 20.9. The first-order chi connectivity index (χ1) is 14.4. The van der Waals surface area contributed by atoms with E-state index in [0.717, 1.165) is 30.6 Å². The number of hydrogen-bond acceptors (Lipinski definition) is 7. The molecule has 0 spiro atoms. The Kier molecular flexibility index (Phi) is 5.84. The van der Waals surface area contributed by atoms with Gasteiger partial charge in [-0.15, -0.1) is 11.3 Å². The number of carbonyl (C=O) groups excluding carboxylic acids is 2. The summed E-state index contributed by atoms with van der Waals surface area (Å²) in [5.74, 6) is -0.474. The molecule has 0 atom stereocenters. The Hall–Kier alpha value is -2.39. The fourth-order valence-electron chi connectivity index (χ4n) is 3.88. The lowest BCUT2D eigenvalue weighted by Gasteiger charge is -2.13. The number of nitrogens with one attached hydrogen (secondary N) is 1. The van der Waals surface area contributed by atoms with Crippen LogP contribution in [0, 0.1) is 0 Å². The number of esters is 1. The zero-order valence-electron chi connectivity index (χ0n) is 16.7. The van der Waals surface area contributed by atoms with Gasteiger partial charge in [0.15, 0.2) is 16.4 Å². The zero-order valence-corrected chi connectivity index (χ0v) is 18.3. The molecule has 1 aliphatic heterocycles. The van der Waals surface area contributed by atoms with Crippen molar-refractivity contribution in [1.29, 1.82) is 0 Å². The van der Waals surface area contributed by atoms with Gasteiger partial charge in [-0.1, -0.05) is 6.07 Å². The first-order valence-corrected chi connectivity index (χ1v) is 12.6. The summed E-state index contributed by atoms with van der Waals surface area (Å²) in [4.78, 5) is 25.6. The van der Waals surface area contributed by atoms with Gasteiger partial charge in [-0.25, -0.2) is 13.2 Å². The SMILES string of the molecule is CCOC(=O)c1c(NC(=O)COc2ccc3c(c2)CCC3)sc2c1CCS(=O)(=O)C2. The molecule has 160 valence electrons. The maximum Gasteiger partial charge on any atom is 0.341 e. The molecule has 7 nitrogen and oxygen atoms in total. The van der Waals surface area contributed by atoms with Crippen LogP contribution in [-0.4, -0.2) is 39.3 Å². The van der Waals surface area contributed by atoms with Crippen molar-refractivity contribution in [1.82, 2.24) is 0 Å². The van der Waals surface area contributed by atoms with E-state index in [-0.39, 0.29) is 36.7 Å². The number of hydrogen-bond donors (Lipinski definition) is 1. The molecule has 1 N–H and O–H groups in total. The standard InChI is InChI=1S/C21H23NO6S2/c1-2-27-21(24)19-16-8-9-30(25,26)12-17(16)29-20(19)22-18(23)11-28-15-7-6-13-4-3-5-14(13)10-15/h6-7,10H,2-5,8-9,11-12H2,1H3,(H,22,23). The Balaban J connectivity index is 1.49. The Labute approximate surface area is 179 Å². The average Bonchev–Trinajstić information content (AvgIpc) is 3.28. The monoisotopic (exact) mass is 449 g/mol. The highest BCUT2D eigenvalue weighted by Crippen LogP contribution is 2.38. The molecule has 2 aliphatic rings. The van der Waals surface area contributed by atoms with Gasteiger partial charge in [-0.3, -0.25) is 4.79 Å². The summed E-state index contributed by atoms with van der Waals surface area (Å²) in [6.07, 6.45) is 3.47. The normalized spacial score (nSPS) is 16.4. The van der Waals surface area contributed by atoms with Crippen molar-refractivity contribution in [3.8, 4) is 5.75 Å². The maximum absolute atomic E-state index is 12.5. The van der Waals surface area contributed by atoms with Crippen molar-refractivity contribution in [2.75, 3.05) is 24.3 Å². The summed E-state index contributed by atoms with van der Waals surface area (Å²) in [5.41, 5.74) is 3.50. The van der Waals surface area contributed by atoms with Gasteiger partial charge in [0.25, 0.3) is 5.91 Å². The number of carbonyl (C=O) groups is 2. The van der Waals surface area contributed by atoms with Gasteiger partial charge in [0, 0.05) is 4.88 Å². The summed E-state index contributed by atoms with van der Waals surface area (Å²) in [5, 5.41) is 3.03. The Morgan fingerprint density at radius 1 is 1.17 bits per heavy atom. The molecule has 9 heteroatoms. The van der Waals surface area contributed by atoms with Gasteiger partial charge >= 0.3 is 5.97 Å². The third-order valence-electron chi connectivity index (χ3n) is 5.28. The van der Waals surface area contributed by atoms with E-state index in [9.17, 15) is 18.0 Å². The molecule has 2 heterocycles. The molecule has 1 aromatic heterocycles. The molecule has 2 aromatic rings. The van der Waals surface area contributed by atoms with Crippen LogP contribution in [0.3, 0.4) is 0 Å². The molecule has 0 fully saturated rings. The molecule has 1 aliphatic carbocycles. The van der Waals surface area contributed by atoms with Crippen molar-refractivity contribution < 1.29 is 27.5 Å². The van der Waals surface area contributed by atoms with Crippen molar-refractivity contribution in [2.45, 2.75) is 38.4 Å². The van der Waals surface area contributed by atoms with Crippen molar-refractivity contribution in [3.63, 3.8) is 0 Å². The number of amides is 1. The summed E-state index contributed by atoms with van der Waals surface area (Å²) >= 11 is 1.12. The van der Waals surface area contributed by atoms with Gasteiger partial charge < -0.3 is 14.8 Å². The number of ether oxygens (including phenoxy) is 2. The summed E-state index contributed by atoms with van der Waals surface area (Å²) in [6, 6.07) is 5.85. The van der Waals surface area contributed by atoms with Crippen LogP contribution in [0.5, 0.6) is 5.75 Å². The molecular weight excluding hydrogens is 426 g/mol. The van der Waals surface area contributed by atoms with E-state index in [1.54, 1.807) is 6.92 Å². The number of sulfone groups is 1. The van der Waals surface area contributed by atoms with E-state index in [2.05, 4.69) is 5.32 Å². The average molecular weight is 450 g/mol. The molecular formula is C21H23NO6S2. The topological polar surface area (TPSA) is 98.8 Å². The van der Waals surface area contributed by atoms with Crippen LogP contribution >= 0.6 is 11.3 Å². The highest BCUT2D eigenvalue weighted by atomic mass is 32.2. The van der Waals surface area contributed by atoms with E-state index in [1.807, 2.05) is 18.2 Å². The summed E-state index contributed by atoms with van der Waals surface area (Å²) in [6.45, 7) is 1.68. The van der Waals surface area contributed by atoms with Crippen LogP contribution in [0.1, 0.15) is 45.3 Å². The fraction of sp³-hybridized carbons (Fsp3) is 0.429. The van der Waals surface area contributed by atoms with E-state index in [1.165, 1.54) is 11.1 Å². The molecule has 0 unspecified atom stereocenters. The van der Waals surface area contributed by atoms with E-state index in [0.29, 0.717) is 21.2 Å². The van der Waals surface area contributed by atoms with Crippen molar-refractivity contribution in [2.24, 2.45) is 0 Å². The van der Waals surface area contributed by atoms with E-state index >= 15 is 0 Å². The van der Waals surface area contributed by atoms with Crippen LogP contribution in [0.25, 0.3) is 0 Å². The van der Waals surface area contributed by atoms with E-state index in [4.69, 9.17) is 9.47 Å². The first-order valence-electron chi connectivity index (χ1n) is 9.93. The fourth-order valence-corrected chi connectivity index (χ4v) is 6.93. The number of anilines is 1. The number of benzene rings is 1. The van der Waals surface area contributed by atoms with Gasteiger partial charge in [0.1, 0.15) is 10.8 Å². The summed E-state index contributed by atoms with van der Waals surface area (Å²) < 4.78 is 34.7. The Morgan fingerprint density at radius 3 is 2.77 bits per heavy atom. The highest BCUT2D eigenvalue weighted by Gasteiger charge is 2.32. The number of aryl methyl sites for hydroxylation is 2. The molecule has 1 amide bonds. The van der Waals surface area contributed by atoms with Gasteiger partial charge in [-0.2, -0.15) is 0 Å². The second kappa shape index (κ2) is 8.39. The number of fused-ring (bicyclic) bond motifs is 2. The lowest BCUT2D eigenvalue weighted by molar-refractivity contribution is -0.118. The third kappa shape index (κ3) is 4.37. The smallest absolute Gasteiger partial charge is 0.341 e. The van der Waals surface area contributed by atoms with Crippen LogP contribution in [0.4, 0.5) is 5.00 Å². The van der Waals surface area contributed by atoms with Crippen LogP contribution < -0.4 is 10.1 Å². The Bertz CT molecular complexity index is 1100. The van der Waals surface area contributed by atoms with Crippen LogP contribution in [-0.2, 0) is 44.4 Å². The van der Waals surface area contributed by atoms with Crippen LogP contribution in [0.15, 0.2) is 18.2 Å². The van der Waals surface area contributed by atoms with Gasteiger partial charge in [-0.05, 0) is 61.4 Å². The molecule has 0 bridgehead atoms. The Morgan fingerprint density at radius 2 is 1.97 bits per heavy atom. The second-order valence-corrected chi connectivity index (χ2v) is 10.7. The molecule has 30 heavy (non-hydrogen) atoms. The number of thiophene rings is 1. The minimum absolute atomic E-state index is 0.0159. The molecule has 0 radical (unpaired) electrons. The lowest BCUT2D eigenvalue weighted by Crippen LogP contribution is -2.22. The maximum atomic E-state index is 12.5. The lowest BCUT2D eigenvalue weighted by atomic mass is 10.1. The van der Waals surface area contributed by atoms with Gasteiger partial charge in [0.05, 0.1) is 23.7 Å². The quantitative estimate of drug-likeness (QED) is 0.681. The number of rotatable bonds is 6. The van der Waals surface area contributed by atoms with Gasteiger partial charge in [0.2, 0.25) is 0 Å². The minimum atomic E-state index is -3.20. The third-order valence-corrected chi connectivity index (χ3v) is 8.16. The van der Waals surface area contributed by atoms with E-state index < -0.39 is 21.7 Å². The predicted octanol–water partition coefficient (Wildman–Crippen LogP) is 2.90. The largest absolute Gasteiger partial charge is 0.484 e. The highest BCUT2D eigenvalue weighted by molar-refractivity contribution is 7.90. The minimum Gasteiger partial charge on any atom is -0.484 e. The second-order valence-electron chi connectivity index (χ2n) is 7.39. The molecule has 0 saturated carbocycles. The van der Waals surface area contributed by atoms with Crippen molar-refractivity contribution >= 4 is 38.1 Å². The van der Waals surface area contributed by atoms with Crippen molar-refractivity contribution in [3.05, 3.63) is 45.3 Å². The predicted molar refractivity (Wildman–Crippen MR) is 114 cm³/mol.